The second kappa shape index (κ2) is 7.27. The van der Waals surface area contributed by atoms with Crippen LogP contribution in [0.4, 0.5) is 5.69 Å². The number of nitrogens with one attached hydrogen (secondary N) is 2. The van der Waals surface area contributed by atoms with E-state index in [-0.39, 0.29) is 16.6 Å². The number of hydrogen-bond acceptors (Lipinski definition) is 7. The van der Waals surface area contributed by atoms with Crippen LogP contribution in [0.2, 0.25) is 0 Å². The number of aromatic nitrogens is 4. The Hall–Kier alpha value is -3.60. The summed E-state index contributed by atoms with van der Waals surface area (Å²) in [4.78, 5) is 17.2. The van der Waals surface area contributed by atoms with Gasteiger partial charge in [0.25, 0.3) is 10.0 Å². The summed E-state index contributed by atoms with van der Waals surface area (Å²) in [6.07, 6.45) is 2.11. The molecule has 2 aliphatic rings. The lowest BCUT2D eigenvalue weighted by Gasteiger charge is -2.11. The van der Waals surface area contributed by atoms with Crippen molar-refractivity contribution in [1.82, 2.24) is 24.9 Å². The zero-order valence-electron chi connectivity index (χ0n) is 16.6. The third-order valence-electron chi connectivity index (χ3n) is 5.14. The molecule has 1 atom stereocenters. The zero-order valence-corrected chi connectivity index (χ0v) is 17.4. The second-order valence-electron chi connectivity index (χ2n) is 7.50. The Morgan fingerprint density at radius 3 is 2.84 bits per heavy atom. The van der Waals surface area contributed by atoms with Gasteiger partial charge in [0.15, 0.2) is 5.82 Å². The summed E-state index contributed by atoms with van der Waals surface area (Å²) >= 11 is 0. The molecule has 5 rings (SSSR count). The van der Waals surface area contributed by atoms with Gasteiger partial charge in [-0.15, -0.1) is 5.10 Å². The maximum absolute atomic E-state index is 12.7. The molecule has 11 heteroatoms. The predicted octanol–water partition coefficient (Wildman–Crippen LogP) is 1.74. The molecule has 1 aliphatic heterocycles. The number of amides is 1. The smallest absolute Gasteiger partial charge is 0.263 e. The first-order valence-corrected chi connectivity index (χ1v) is 11.3. The van der Waals surface area contributed by atoms with Gasteiger partial charge in [-0.2, -0.15) is 0 Å². The normalized spacial score (nSPS) is 18.9. The third kappa shape index (κ3) is 3.67. The fraction of sp³-hybridized carbons (Fsp3) is 0.250. The summed E-state index contributed by atoms with van der Waals surface area (Å²) in [5.74, 6) is 0.453. The maximum Gasteiger partial charge on any atom is 0.263 e. The molecule has 0 spiro atoms. The largest absolute Gasteiger partial charge is 0.324 e. The van der Waals surface area contributed by atoms with Crippen LogP contribution in [0, 0.1) is 0 Å². The Balaban J connectivity index is 1.35. The van der Waals surface area contributed by atoms with E-state index in [1.165, 1.54) is 6.07 Å². The summed E-state index contributed by atoms with van der Waals surface area (Å²) in [6.45, 7) is 1.61. The Morgan fingerprint density at radius 1 is 1.23 bits per heavy atom. The van der Waals surface area contributed by atoms with Crippen molar-refractivity contribution >= 4 is 27.5 Å². The zero-order chi connectivity index (χ0) is 21.6. The van der Waals surface area contributed by atoms with Crippen LogP contribution >= 0.6 is 0 Å². The van der Waals surface area contributed by atoms with Gasteiger partial charge in [-0.1, -0.05) is 24.3 Å². The van der Waals surface area contributed by atoms with Gasteiger partial charge in [0.2, 0.25) is 5.91 Å². The van der Waals surface area contributed by atoms with Crippen molar-refractivity contribution in [3.8, 4) is 11.4 Å². The molecular formula is C20H19N7O3S. The van der Waals surface area contributed by atoms with Crippen LogP contribution in [-0.4, -0.2) is 46.4 Å². The number of anilines is 1. The number of sulfonamides is 1. The molecule has 0 unspecified atom stereocenters. The first kappa shape index (κ1) is 19.4. The van der Waals surface area contributed by atoms with Crippen molar-refractivity contribution in [1.29, 1.82) is 0 Å². The minimum Gasteiger partial charge on any atom is -0.324 e. The van der Waals surface area contributed by atoms with Crippen molar-refractivity contribution in [3.63, 3.8) is 0 Å². The number of tetrazole rings is 1. The number of benzene rings is 2. The lowest BCUT2D eigenvalue weighted by molar-refractivity contribution is -0.117. The van der Waals surface area contributed by atoms with Crippen LogP contribution in [0.5, 0.6) is 0 Å². The molecule has 31 heavy (non-hydrogen) atoms. The lowest BCUT2D eigenvalue weighted by atomic mass is 10.1. The van der Waals surface area contributed by atoms with E-state index in [0.29, 0.717) is 23.1 Å². The SMILES string of the molecule is C[C@H](N=C1NS(=O)(=O)c2ccccc21)C(=O)Nc1cccc(-c2nnnn2C2CC2)c1. The van der Waals surface area contributed by atoms with Gasteiger partial charge in [0, 0.05) is 16.8 Å². The molecule has 1 saturated carbocycles. The molecule has 0 bridgehead atoms. The van der Waals surface area contributed by atoms with Gasteiger partial charge in [-0.3, -0.25) is 14.5 Å². The minimum absolute atomic E-state index is 0.155. The molecular weight excluding hydrogens is 418 g/mol. The van der Waals surface area contributed by atoms with Crippen LogP contribution < -0.4 is 10.0 Å². The van der Waals surface area contributed by atoms with Crippen molar-refractivity contribution in [2.24, 2.45) is 4.99 Å². The van der Waals surface area contributed by atoms with Crippen LogP contribution in [0.1, 0.15) is 31.4 Å². The molecule has 3 aromatic rings. The average Bonchev–Trinajstić information content (AvgIpc) is 3.42. The number of amidine groups is 1. The van der Waals surface area contributed by atoms with Crippen molar-refractivity contribution in [2.45, 2.75) is 36.7 Å². The second-order valence-corrected chi connectivity index (χ2v) is 9.15. The summed E-state index contributed by atoms with van der Waals surface area (Å²) in [5, 5.41) is 14.8. The van der Waals surface area contributed by atoms with E-state index in [1.54, 1.807) is 41.9 Å². The fourth-order valence-electron chi connectivity index (χ4n) is 3.41. The van der Waals surface area contributed by atoms with E-state index in [9.17, 15) is 13.2 Å². The molecule has 1 aliphatic carbocycles. The fourth-order valence-corrected chi connectivity index (χ4v) is 4.65. The first-order chi connectivity index (χ1) is 14.9. The molecule has 1 amide bonds. The van der Waals surface area contributed by atoms with E-state index in [0.717, 1.165) is 18.4 Å². The van der Waals surface area contributed by atoms with Gasteiger partial charge in [0.1, 0.15) is 11.9 Å². The Kier molecular flexibility index (Phi) is 4.54. The van der Waals surface area contributed by atoms with Crippen molar-refractivity contribution in [2.75, 3.05) is 5.32 Å². The monoisotopic (exact) mass is 437 g/mol. The van der Waals surface area contributed by atoms with Gasteiger partial charge >= 0.3 is 0 Å². The van der Waals surface area contributed by atoms with Gasteiger partial charge in [0.05, 0.1) is 10.9 Å². The summed E-state index contributed by atoms with van der Waals surface area (Å²) in [7, 11) is -3.66. The number of hydrogen-bond donors (Lipinski definition) is 2. The van der Waals surface area contributed by atoms with Crippen LogP contribution in [0.25, 0.3) is 11.4 Å². The quantitative estimate of drug-likeness (QED) is 0.625. The number of carbonyl (C=O) groups is 1. The number of fused-ring (bicyclic) bond motifs is 1. The molecule has 0 saturated heterocycles. The number of rotatable bonds is 5. The molecule has 1 aromatic heterocycles. The molecule has 2 heterocycles. The molecule has 10 nitrogen and oxygen atoms in total. The minimum atomic E-state index is -3.66. The average molecular weight is 437 g/mol. The maximum atomic E-state index is 12.7. The highest BCUT2D eigenvalue weighted by atomic mass is 32.2. The Morgan fingerprint density at radius 2 is 2.03 bits per heavy atom. The molecule has 2 N–H and O–H groups in total. The summed E-state index contributed by atoms with van der Waals surface area (Å²) in [6, 6.07) is 13.3. The predicted molar refractivity (Wildman–Crippen MR) is 113 cm³/mol. The van der Waals surface area contributed by atoms with Crippen LogP contribution in [0.15, 0.2) is 58.4 Å². The van der Waals surface area contributed by atoms with E-state index in [2.05, 4.69) is 30.6 Å². The highest BCUT2D eigenvalue weighted by Crippen LogP contribution is 2.36. The topological polar surface area (TPSA) is 131 Å². The van der Waals surface area contributed by atoms with Crippen molar-refractivity contribution in [3.05, 3.63) is 54.1 Å². The Bertz CT molecular complexity index is 1310. The van der Waals surface area contributed by atoms with E-state index in [4.69, 9.17) is 0 Å². The van der Waals surface area contributed by atoms with Crippen molar-refractivity contribution < 1.29 is 13.2 Å². The summed E-state index contributed by atoms with van der Waals surface area (Å²) in [5.41, 5.74) is 1.83. The summed E-state index contributed by atoms with van der Waals surface area (Å²) < 4.78 is 28.7. The van der Waals surface area contributed by atoms with Crippen LogP contribution in [0.3, 0.4) is 0 Å². The number of aliphatic imine (C=N–C) groups is 1. The lowest BCUT2D eigenvalue weighted by Crippen LogP contribution is -2.28. The highest BCUT2D eigenvalue weighted by molar-refractivity contribution is 7.90. The number of nitrogens with zero attached hydrogens (tertiary/aromatic N) is 5. The van der Waals surface area contributed by atoms with E-state index < -0.39 is 16.1 Å². The molecule has 1 fully saturated rings. The molecule has 158 valence electrons. The third-order valence-corrected chi connectivity index (χ3v) is 6.54. The molecule has 2 aromatic carbocycles. The standard InChI is InChI=1S/C20H19N7O3S/c1-12(21-18-16-7-2-3-8-17(16)31(29,30)24-18)20(28)22-14-6-4-5-13(11-14)19-23-25-26-27(19)15-9-10-15/h2-8,11-12,15H,9-10H2,1H3,(H,21,24)(H,22,28)/t12-/m0/s1. The highest BCUT2D eigenvalue weighted by Gasteiger charge is 2.31. The van der Waals surface area contributed by atoms with Gasteiger partial charge in [-0.05, 0) is 54.5 Å². The van der Waals surface area contributed by atoms with E-state index >= 15 is 0 Å². The van der Waals surface area contributed by atoms with Gasteiger partial charge in [-0.25, -0.2) is 13.1 Å². The molecule has 0 radical (unpaired) electrons. The Labute approximate surface area is 178 Å². The number of carbonyl (C=O) groups excluding carboxylic acids is 1. The van der Waals surface area contributed by atoms with E-state index in [1.807, 2.05) is 12.1 Å². The van der Waals surface area contributed by atoms with Crippen LogP contribution in [-0.2, 0) is 14.8 Å². The van der Waals surface area contributed by atoms with Gasteiger partial charge < -0.3 is 5.32 Å². The first-order valence-electron chi connectivity index (χ1n) is 9.81.